The van der Waals surface area contributed by atoms with Crippen molar-refractivity contribution in [3.8, 4) is 17.1 Å². The lowest BCUT2D eigenvalue weighted by molar-refractivity contribution is 0.101. The van der Waals surface area contributed by atoms with Crippen molar-refractivity contribution >= 4 is 50.7 Å². The smallest absolute Gasteiger partial charge is 0.295 e. The van der Waals surface area contributed by atoms with E-state index in [0.29, 0.717) is 21.6 Å². The SMILES string of the molecule is Cc1ccc(-n2nc(C(=O)Nc3ccc(Cl)cc3Cl)nc2-c2ccc(Br)cc2)cc1. The van der Waals surface area contributed by atoms with Crippen molar-refractivity contribution in [3.05, 3.63) is 92.6 Å². The number of carbonyl (C=O) groups excluding carboxylic acids is 1. The fraction of sp³-hybridized carbons (Fsp3) is 0.0455. The first kappa shape index (κ1) is 20.6. The summed E-state index contributed by atoms with van der Waals surface area (Å²) in [4.78, 5) is 17.3. The molecule has 0 aliphatic rings. The predicted octanol–water partition coefficient (Wildman–Crippen LogP) is 6.56. The van der Waals surface area contributed by atoms with E-state index in [1.807, 2.05) is 55.5 Å². The lowest BCUT2D eigenvalue weighted by Crippen LogP contribution is -2.14. The standard InChI is InChI=1S/C22H15BrCl2N4O/c1-13-2-9-17(10-3-13)29-21(14-4-6-15(23)7-5-14)27-20(28-29)22(30)26-19-11-8-16(24)12-18(19)25/h2-12H,1H3,(H,26,30). The van der Waals surface area contributed by atoms with Crippen LogP contribution in [0.15, 0.2) is 71.2 Å². The van der Waals surface area contributed by atoms with Gasteiger partial charge in [0.05, 0.1) is 16.4 Å². The summed E-state index contributed by atoms with van der Waals surface area (Å²) in [6.07, 6.45) is 0. The number of nitrogens with one attached hydrogen (secondary N) is 1. The first-order chi connectivity index (χ1) is 14.4. The van der Waals surface area contributed by atoms with Crippen LogP contribution < -0.4 is 5.32 Å². The van der Waals surface area contributed by atoms with Crippen molar-refractivity contribution in [2.45, 2.75) is 6.92 Å². The second-order valence-electron chi connectivity index (χ2n) is 6.59. The molecular weight excluding hydrogens is 487 g/mol. The number of anilines is 1. The highest BCUT2D eigenvalue weighted by atomic mass is 79.9. The molecular formula is C22H15BrCl2N4O. The van der Waals surface area contributed by atoms with Crippen LogP contribution in [0.25, 0.3) is 17.1 Å². The number of aryl methyl sites for hydroxylation is 1. The number of hydrogen-bond acceptors (Lipinski definition) is 3. The molecule has 1 heterocycles. The summed E-state index contributed by atoms with van der Waals surface area (Å²) in [5, 5.41) is 8.02. The molecule has 5 nitrogen and oxygen atoms in total. The van der Waals surface area contributed by atoms with E-state index in [1.54, 1.807) is 22.9 Å². The van der Waals surface area contributed by atoms with Crippen molar-refractivity contribution in [1.29, 1.82) is 0 Å². The zero-order chi connectivity index (χ0) is 21.3. The summed E-state index contributed by atoms with van der Waals surface area (Å²) in [6.45, 7) is 2.01. The van der Waals surface area contributed by atoms with Gasteiger partial charge in [-0.05, 0) is 49.4 Å². The quantitative estimate of drug-likeness (QED) is 0.344. The second kappa shape index (κ2) is 8.60. The molecule has 0 aliphatic carbocycles. The highest BCUT2D eigenvalue weighted by molar-refractivity contribution is 9.10. The van der Waals surface area contributed by atoms with Gasteiger partial charge in [-0.2, -0.15) is 0 Å². The van der Waals surface area contributed by atoms with Crippen LogP contribution in [0.2, 0.25) is 10.0 Å². The molecule has 0 saturated heterocycles. The number of hydrogen-bond donors (Lipinski definition) is 1. The Morgan fingerprint density at radius 1 is 1.00 bits per heavy atom. The van der Waals surface area contributed by atoms with Crippen LogP contribution in [-0.4, -0.2) is 20.7 Å². The van der Waals surface area contributed by atoms with Crippen LogP contribution in [0.4, 0.5) is 5.69 Å². The highest BCUT2D eigenvalue weighted by Crippen LogP contribution is 2.27. The number of nitrogens with zero attached hydrogens (tertiary/aromatic N) is 3. The molecule has 0 radical (unpaired) electrons. The van der Waals surface area contributed by atoms with Gasteiger partial charge in [-0.25, -0.2) is 9.67 Å². The zero-order valence-corrected chi connectivity index (χ0v) is 18.8. The molecule has 150 valence electrons. The van der Waals surface area contributed by atoms with Crippen LogP contribution in [0.5, 0.6) is 0 Å². The molecule has 0 spiro atoms. The van der Waals surface area contributed by atoms with Gasteiger partial charge in [0.2, 0.25) is 5.82 Å². The van der Waals surface area contributed by atoms with Gasteiger partial charge in [0, 0.05) is 15.1 Å². The molecule has 0 atom stereocenters. The van der Waals surface area contributed by atoms with Crippen molar-refractivity contribution in [2.75, 3.05) is 5.32 Å². The Labute approximate surface area is 191 Å². The van der Waals surface area contributed by atoms with Gasteiger partial charge < -0.3 is 5.32 Å². The van der Waals surface area contributed by atoms with E-state index >= 15 is 0 Å². The molecule has 0 fully saturated rings. The molecule has 1 amide bonds. The number of halogens is 3. The topological polar surface area (TPSA) is 59.8 Å². The monoisotopic (exact) mass is 500 g/mol. The molecule has 1 aromatic heterocycles. The maximum absolute atomic E-state index is 12.8. The van der Waals surface area contributed by atoms with Crippen molar-refractivity contribution < 1.29 is 4.79 Å². The number of rotatable bonds is 4. The van der Waals surface area contributed by atoms with E-state index in [0.717, 1.165) is 21.3 Å². The lowest BCUT2D eigenvalue weighted by Gasteiger charge is -2.06. The largest absolute Gasteiger partial charge is 0.318 e. The summed E-state index contributed by atoms with van der Waals surface area (Å²) in [5.41, 5.74) is 3.19. The third-order valence-corrected chi connectivity index (χ3v) is 5.45. The average molecular weight is 502 g/mol. The third kappa shape index (κ3) is 4.41. The zero-order valence-electron chi connectivity index (χ0n) is 15.7. The van der Waals surface area contributed by atoms with Gasteiger partial charge in [-0.1, -0.05) is 69.0 Å². The molecule has 0 saturated carbocycles. The van der Waals surface area contributed by atoms with Gasteiger partial charge in [-0.3, -0.25) is 4.79 Å². The molecule has 4 rings (SSSR count). The Kier molecular flexibility index (Phi) is 5.90. The first-order valence-corrected chi connectivity index (χ1v) is 10.5. The minimum absolute atomic E-state index is 0.0273. The molecule has 1 N–H and O–H groups in total. The average Bonchev–Trinajstić information content (AvgIpc) is 3.17. The number of carbonyl (C=O) groups is 1. The van der Waals surface area contributed by atoms with Crippen LogP contribution in [0.1, 0.15) is 16.2 Å². The van der Waals surface area contributed by atoms with E-state index in [-0.39, 0.29) is 5.82 Å². The van der Waals surface area contributed by atoms with Crippen LogP contribution in [0.3, 0.4) is 0 Å². The predicted molar refractivity (Wildman–Crippen MR) is 124 cm³/mol. The molecule has 30 heavy (non-hydrogen) atoms. The van der Waals surface area contributed by atoms with Crippen molar-refractivity contribution in [2.24, 2.45) is 0 Å². The van der Waals surface area contributed by atoms with E-state index < -0.39 is 5.91 Å². The maximum atomic E-state index is 12.8. The van der Waals surface area contributed by atoms with Crippen LogP contribution >= 0.6 is 39.1 Å². The van der Waals surface area contributed by atoms with E-state index in [4.69, 9.17) is 23.2 Å². The summed E-state index contributed by atoms with van der Waals surface area (Å²) in [6, 6.07) is 20.3. The van der Waals surface area contributed by atoms with Gasteiger partial charge in [0.25, 0.3) is 5.91 Å². The van der Waals surface area contributed by atoms with Crippen molar-refractivity contribution in [1.82, 2.24) is 14.8 Å². The number of benzene rings is 3. The van der Waals surface area contributed by atoms with Gasteiger partial charge in [-0.15, -0.1) is 5.10 Å². The summed E-state index contributed by atoms with van der Waals surface area (Å²) < 4.78 is 2.60. The van der Waals surface area contributed by atoms with Gasteiger partial charge >= 0.3 is 0 Å². The molecule has 4 aromatic rings. The Bertz CT molecular complexity index is 1160. The van der Waals surface area contributed by atoms with Crippen molar-refractivity contribution in [3.63, 3.8) is 0 Å². The van der Waals surface area contributed by atoms with E-state index in [2.05, 4.69) is 31.3 Å². The molecule has 8 heteroatoms. The fourth-order valence-electron chi connectivity index (χ4n) is 2.83. The highest BCUT2D eigenvalue weighted by Gasteiger charge is 2.19. The Balaban J connectivity index is 1.75. The molecule has 3 aromatic carbocycles. The molecule has 0 bridgehead atoms. The minimum Gasteiger partial charge on any atom is -0.318 e. The normalized spacial score (nSPS) is 10.8. The Morgan fingerprint density at radius 2 is 1.70 bits per heavy atom. The Morgan fingerprint density at radius 3 is 2.37 bits per heavy atom. The minimum atomic E-state index is -0.469. The summed E-state index contributed by atoms with van der Waals surface area (Å²) >= 11 is 15.5. The van der Waals surface area contributed by atoms with E-state index in [1.165, 1.54) is 0 Å². The fourth-order valence-corrected chi connectivity index (χ4v) is 3.55. The van der Waals surface area contributed by atoms with Gasteiger partial charge in [0.15, 0.2) is 5.82 Å². The third-order valence-electron chi connectivity index (χ3n) is 4.37. The van der Waals surface area contributed by atoms with Crippen LogP contribution in [0, 0.1) is 6.92 Å². The second-order valence-corrected chi connectivity index (χ2v) is 8.35. The summed E-state index contributed by atoms with van der Waals surface area (Å²) in [7, 11) is 0. The first-order valence-electron chi connectivity index (χ1n) is 8.97. The Hall–Kier alpha value is -2.67. The van der Waals surface area contributed by atoms with Gasteiger partial charge in [0.1, 0.15) is 0 Å². The molecule has 0 aliphatic heterocycles. The maximum Gasteiger partial charge on any atom is 0.295 e. The molecule has 0 unspecified atom stereocenters. The lowest BCUT2D eigenvalue weighted by atomic mass is 10.2. The number of aromatic nitrogens is 3. The number of amides is 1. The van der Waals surface area contributed by atoms with E-state index in [9.17, 15) is 4.79 Å². The summed E-state index contributed by atoms with van der Waals surface area (Å²) in [5.74, 6) is 0.113. The van der Waals surface area contributed by atoms with Crippen LogP contribution in [-0.2, 0) is 0 Å².